The number of carbonyl (C=O) groups is 2. The summed E-state index contributed by atoms with van der Waals surface area (Å²) < 4.78 is 5.16. The highest BCUT2D eigenvalue weighted by atomic mass is 32.1. The summed E-state index contributed by atoms with van der Waals surface area (Å²) in [5.41, 5.74) is 0.340. The van der Waals surface area contributed by atoms with E-state index < -0.39 is 0 Å². The SMILES string of the molecule is CC(=O)c1ccc(CCNC(=O)c2cc(C3CC3)on2)s1. The first-order chi connectivity index (χ1) is 10.1. The van der Waals surface area contributed by atoms with Gasteiger partial charge in [-0.3, -0.25) is 9.59 Å². The molecule has 0 unspecified atom stereocenters. The number of nitrogens with one attached hydrogen (secondary N) is 1. The lowest BCUT2D eigenvalue weighted by Gasteiger charge is -2.00. The van der Waals surface area contributed by atoms with E-state index >= 15 is 0 Å². The molecule has 0 bridgehead atoms. The van der Waals surface area contributed by atoms with Gasteiger partial charge in [0.2, 0.25) is 0 Å². The number of aromatic nitrogens is 1. The molecule has 1 amide bonds. The molecule has 1 aliphatic carbocycles. The Labute approximate surface area is 126 Å². The highest BCUT2D eigenvalue weighted by Crippen LogP contribution is 2.40. The Kier molecular flexibility index (Phi) is 3.88. The van der Waals surface area contributed by atoms with Gasteiger partial charge < -0.3 is 9.84 Å². The van der Waals surface area contributed by atoms with Crippen molar-refractivity contribution in [3.63, 3.8) is 0 Å². The molecule has 110 valence electrons. The molecule has 3 rings (SSSR count). The Hall–Kier alpha value is -1.95. The third-order valence-electron chi connectivity index (χ3n) is 3.41. The lowest BCUT2D eigenvalue weighted by atomic mass is 10.2. The van der Waals surface area contributed by atoms with Crippen LogP contribution in [0.2, 0.25) is 0 Å². The fraction of sp³-hybridized carbons (Fsp3) is 0.400. The predicted octanol–water partition coefficient (Wildman–Crippen LogP) is 2.79. The van der Waals surface area contributed by atoms with Gasteiger partial charge in [0, 0.05) is 23.4 Å². The van der Waals surface area contributed by atoms with Crippen molar-refractivity contribution in [1.29, 1.82) is 0 Å². The van der Waals surface area contributed by atoms with Gasteiger partial charge in [0.15, 0.2) is 11.5 Å². The maximum Gasteiger partial charge on any atom is 0.273 e. The van der Waals surface area contributed by atoms with E-state index in [0.717, 1.165) is 28.4 Å². The number of Topliss-reactive ketones (excluding diaryl/α,β-unsaturated/α-hetero) is 1. The zero-order chi connectivity index (χ0) is 14.8. The van der Waals surface area contributed by atoms with E-state index in [2.05, 4.69) is 10.5 Å². The van der Waals surface area contributed by atoms with Crippen molar-refractivity contribution in [1.82, 2.24) is 10.5 Å². The van der Waals surface area contributed by atoms with Crippen molar-refractivity contribution in [2.24, 2.45) is 0 Å². The average molecular weight is 304 g/mol. The Morgan fingerprint density at radius 1 is 1.43 bits per heavy atom. The largest absolute Gasteiger partial charge is 0.360 e. The Balaban J connectivity index is 1.49. The molecule has 1 fully saturated rings. The summed E-state index contributed by atoms with van der Waals surface area (Å²) in [5, 5.41) is 6.62. The van der Waals surface area contributed by atoms with Gasteiger partial charge in [-0.15, -0.1) is 11.3 Å². The average Bonchev–Trinajstić information content (AvgIpc) is 3.01. The van der Waals surface area contributed by atoms with Crippen LogP contribution in [0, 0.1) is 0 Å². The number of ketones is 1. The molecule has 21 heavy (non-hydrogen) atoms. The van der Waals surface area contributed by atoms with Gasteiger partial charge >= 0.3 is 0 Å². The summed E-state index contributed by atoms with van der Waals surface area (Å²) in [6.07, 6.45) is 2.94. The van der Waals surface area contributed by atoms with Gasteiger partial charge in [-0.25, -0.2) is 0 Å². The van der Waals surface area contributed by atoms with E-state index in [4.69, 9.17) is 4.52 Å². The molecule has 1 saturated carbocycles. The molecule has 0 aromatic carbocycles. The molecule has 0 aliphatic heterocycles. The molecule has 0 radical (unpaired) electrons. The molecule has 6 heteroatoms. The minimum absolute atomic E-state index is 0.0745. The van der Waals surface area contributed by atoms with Crippen molar-refractivity contribution in [3.05, 3.63) is 39.4 Å². The zero-order valence-electron chi connectivity index (χ0n) is 11.7. The number of amides is 1. The maximum absolute atomic E-state index is 11.9. The maximum atomic E-state index is 11.9. The van der Waals surface area contributed by atoms with Crippen LogP contribution in [0.5, 0.6) is 0 Å². The number of nitrogens with zero attached hydrogens (tertiary/aromatic N) is 1. The summed E-state index contributed by atoms with van der Waals surface area (Å²) in [5.74, 6) is 1.12. The molecule has 0 atom stereocenters. The predicted molar refractivity (Wildman–Crippen MR) is 78.8 cm³/mol. The third kappa shape index (κ3) is 3.39. The summed E-state index contributed by atoms with van der Waals surface area (Å²) >= 11 is 1.47. The van der Waals surface area contributed by atoms with Crippen LogP contribution in [0.15, 0.2) is 22.7 Å². The summed E-state index contributed by atoms with van der Waals surface area (Å²) in [6.45, 7) is 2.07. The van der Waals surface area contributed by atoms with Crippen molar-refractivity contribution < 1.29 is 14.1 Å². The highest BCUT2D eigenvalue weighted by Gasteiger charge is 2.28. The van der Waals surface area contributed by atoms with Crippen LogP contribution < -0.4 is 5.32 Å². The number of hydrogen-bond donors (Lipinski definition) is 1. The summed E-state index contributed by atoms with van der Waals surface area (Å²) in [4.78, 5) is 25.0. The number of hydrogen-bond acceptors (Lipinski definition) is 5. The molecule has 2 heterocycles. The first-order valence-electron chi connectivity index (χ1n) is 6.98. The quantitative estimate of drug-likeness (QED) is 0.833. The molecule has 2 aromatic heterocycles. The van der Waals surface area contributed by atoms with Crippen molar-refractivity contribution in [3.8, 4) is 0 Å². The first kappa shape index (κ1) is 14.0. The lowest BCUT2D eigenvalue weighted by Crippen LogP contribution is -2.25. The van der Waals surface area contributed by atoms with Crippen LogP contribution in [-0.4, -0.2) is 23.4 Å². The van der Waals surface area contributed by atoms with Crippen LogP contribution >= 0.6 is 11.3 Å². The number of carbonyl (C=O) groups excluding carboxylic acids is 2. The summed E-state index contributed by atoms with van der Waals surface area (Å²) in [7, 11) is 0. The normalized spacial score (nSPS) is 14.1. The van der Waals surface area contributed by atoms with E-state index in [-0.39, 0.29) is 11.7 Å². The number of rotatable bonds is 6. The standard InChI is InChI=1S/C15H16N2O3S/c1-9(18)14-5-4-11(21-14)6-7-16-15(19)12-8-13(20-17-12)10-2-3-10/h4-5,8,10H,2-3,6-7H2,1H3,(H,16,19). The first-order valence-corrected chi connectivity index (χ1v) is 7.79. The van der Waals surface area contributed by atoms with E-state index in [1.165, 1.54) is 11.3 Å². The van der Waals surface area contributed by atoms with Gasteiger partial charge in [-0.1, -0.05) is 5.16 Å². The monoisotopic (exact) mass is 304 g/mol. The van der Waals surface area contributed by atoms with Gasteiger partial charge in [-0.2, -0.15) is 0 Å². The van der Waals surface area contributed by atoms with Crippen molar-refractivity contribution in [2.45, 2.75) is 32.1 Å². The molecule has 2 aromatic rings. The Morgan fingerprint density at radius 3 is 2.90 bits per heavy atom. The topological polar surface area (TPSA) is 72.2 Å². The van der Waals surface area contributed by atoms with Crippen LogP contribution in [0.1, 0.15) is 56.5 Å². The minimum Gasteiger partial charge on any atom is -0.360 e. The van der Waals surface area contributed by atoms with E-state index in [1.807, 2.05) is 12.1 Å². The Bertz CT molecular complexity index is 670. The number of thiophene rings is 1. The van der Waals surface area contributed by atoms with Gasteiger partial charge in [0.25, 0.3) is 5.91 Å². The second kappa shape index (κ2) is 5.81. The molecule has 0 spiro atoms. The zero-order valence-corrected chi connectivity index (χ0v) is 12.5. The smallest absolute Gasteiger partial charge is 0.273 e. The van der Waals surface area contributed by atoms with Crippen molar-refractivity contribution in [2.75, 3.05) is 6.54 Å². The molecule has 5 nitrogen and oxygen atoms in total. The van der Waals surface area contributed by atoms with Crippen LogP contribution in [-0.2, 0) is 6.42 Å². The lowest BCUT2D eigenvalue weighted by molar-refractivity contribution is 0.0944. The van der Waals surface area contributed by atoms with Crippen LogP contribution in [0.25, 0.3) is 0 Å². The van der Waals surface area contributed by atoms with Gasteiger partial charge in [0.05, 0.1) is 4.88 Å². The fourth-order valence-electron chi connectivity index (χ4n) is 2.05. The van der Waals surface area contributed by atoms with Crippen LogP contribution in [0.4, 0.5) is 0 Å². The van der Waals surface area contributed by atoms with E-state index in [1.54, 1.807) is 13.0 Å². The van der Waals surface area contributed by atoms with Crippen LogP contribution in [0.3, 0.4) is 0 Å². The Morgan fingerprint density at radius 2 is 2.24 bits per heavy atom. The fourth-order valence-corrected chi connectivity index (χ4v) is 2.95. The molecule has 0 saturated heterocycles. The highest BCUT2D eigenvalue weighted by molar-refractivity contribution is 7.14. The third-order valence-corrected chi connectivity index (χ3v) is 4.65. The molecule has 1 N–H and O–H groups in total. The molecular weight excluding hydrogens is 288 g/mol. The van der Waals surface area contributed by atoms with Gasteiger partial charge in [-0.05, 0) is 38.3 Å². The second-order valence-electron chi connectivity index (χ2n) is 5.22. The van der Waals surface area contributed by atoms with E-state index in [0.29, 0.717) is 24.6 Å². The van der Waals surface area contributed by atoms with Crippen molar-refractivity contribution >= 4 is 23.0 Å². The minimum atomic E-state index is -0.214. The molecular formula is C15H16N2O3S. The van der Waals surface area contributed by atoms with E-state index in [9.17, 15) is 9.59 Å². The molecule has 1 aliphatic rings. The van der Waals surface area contributed by atoms with Gasteiger partial charge in [0.1, 0.15) is 5.76 Å². The summed E-state index contributed by atoms with van der Waals surface area (Å²) in [6, 6.07) is 5.48. The second-order valence-corrected chi connectivity index (χ2v) is 6.39.